The molecule has 4 heteroatoms. The van der Waals surface area contributed by atoms with Crippen molar-refractivity contribution in [2.24, 2.45) is 5.73 Å². The molecule has 1 saturated heterocycles. The van der Waals surface area contributed by atoms with Crippen LogP contribution in [0.25, 0.3) is 0 Å². The molecule has 0 aromatic rings. The Morgan fingerprint density at radius 1 is 1.44 bits per heavy atom. The van der Waals surface area contributed by atoms with Crippen LogP contribution in [-0.4, -0.2) is 42.5 Å². The van der Waals surface area contributed by atoms with E-state index >= 15 is 0 Å². The maximum atomic E-state index is 11.7. The summed E-state index contributed by atoms with van der Waals surface area (Å²) in [6.07, 6.45) is 4.30. The maximum absolute atomic E-state index is 11.7. The van der Waals surface area contributed by atoms with Gasteiger partial charge in [-0.15, -0.1) is 0 Å². The molecule has 94 valence electrons. The summed E-state index contributed by atoms with van der Waals surface area (Å²) in [5, 5.41) is 2.99. The summed E-state index contributed by atoms with van der Waals surface area (Å²) in [5.41, 5.74) is 5.76. The van der Waals surface area contributed by atoms with Gasteiger partial charge < -0.3 is 16.0 Å². The maximum Gasteiger partial charge on any atom is 0.237 e. The Morgan fingerprint density at radius 3 is 2.62 bits per heavy atom. The van der Waals surface area contributed by atoms with Crippen LogP contribution in [0.15, 0.2) is 0 Å². The minimum atomic E-state index is -0.342. The number of hydrogen-bond acceptors (Lipinski definition) is 3. The highest BCUT2D eigenvalue weighted by molar-refractivity contribution is 5.81. The second kappa shape index (κ2) is 6.86. The first kappa shape index (κ1) is 13.5. The number of amides is 1. The molecule has 0 aromatic carbocycles. The van der Waals surface area contributed by atoms with Crippen LogP contribution >= 0.6 is 0 Å². The minimum Gasteiger partial charge on any atom is -0.351 e. The molecular formula is C12H25N3O. The number of carbonyl (C=O) groups is 1. The van der Waals surface area contributed by atoms with E-state index in [0.717, 1.165) is 19.4 Å². The standard InChI is InChI=1S/C12H25N3O/c1-3-6-11(13)12(16)14-10(2)9-15-7-4-5-8-15/h10-11H,3-9,13H2,1-2H3,(H,14,16)/t10?,11-/m0/s1. The van der Waals surface area contributed by atoms with Gasteiger partial charge in [-0.1, -0.05) is 13.3 Å². The van der Waals surface area contributed by atoms with Crippen LogP contribution in [0.4, 0.5) is 0 Å². The number of nitrogens with one attached hydrogen (secondary N) is 1. The largest absolute Gasteiger partial charge is 0.351 e. The van der Waals surface area contributed by atoms with Crippen molar-refractivity contribution in [1.29, 1.82) is 0 Å². The zero-order chi connectivity index (χ0) is 12.0. The Kier molecular flexibility index (Phi) is 5.77. The minimum absolute atomic E-state index is 0.00598. The van der Waals surface area contributed by atoms with Crippen molar-refractivity contribution in [3.05, 3.63) is 0 Å². The molecule has 1 aliphatic rings. The van der Waals surface area contributed by atoms with Gasteiger partial charge in [-0.05, 0) is 39.3 Å². The van der Waals surface area contributed by atoms with Crippen LogP contribution in [-0.2, 0) is 4.79 Å². The number of hydrogen-bond donors (Lipinski definition) is 2. The molecule has 1 aliphatic heterocycles. The van der Waals surface area contributed by atoms with Gasteiger partial charge in [0.25, 0.3) is 0 Å². The van der Waals surface area contributed by atoms with Crippen molar-refractivity contribution in [3.63, 3.8) is 0 Å². The van der Waals surface area contributed by atoms with Gasteiger partial charge in [0.05, 0.1) is 6.04 Å². The molecule has 2 atom stereocenters. The molecule has 1 unspecified atom stereocenters. The molecule has 0 radical (unpaired) electrons. The normalized spacial score (nSPS) is 20.7. The van der Waals surface area contributed by atoms with E-state index in [9.17, 15) is 4.79 Å². The van der Waals surface area contributed by atoms with Crippen molar-refractivity contribution in [2.75, 3.05) is 19.6 Å². The lowest BCUT2D eigenvalue weighted by Crippen LogP contribution is -2.47. The summed E-state index contributed by atoms with van der Waals surface area (Å²) in [7, 11) is 0. The molecule has 0 aliphatic carbocycles. The van der Waals surface area contributed by atoms with E-state index < -0.39 is 0 Å². The molecule has 1 heterocycles. The summed E-state index contributed by atoms with van der Waals surface area (Å²) in [4.78, 5) is 14.1. The zero-order valence-corrected chi connectivity index (χ0v) is 10.5. The fourth-order valence-electron chi connectivity index (χ4n) is 2.19. The highest BCUT2D eigenvalue weighted by Crippen LogP contribution is 2.07. The van der Waals surface area contributed by atoms with Crippen molar-refractivity contribution in [1.82, 2.24) is 10.2 Å². The lowest BCUT2D eigenvalue weighted by atomic mass is 10.1. The third-order valence-electron chi connectivity index (χ3n) is 3.06. The van der Waals surface area contributed by atoms with Gasteiger partial charge in [-0.3, -0.25) is 4.79 Å². The van der Waals surface area contributed by atoms with Crippen LogP contribution in [0, 0.1) is 0 Å². The third kappa shape index (κ3) is 4.49. The van der Waals surface area contributed by atoms with Crippen LogP contribution in [0.1, 0.15) is 39.5 Å². The summed E-state index contributed by atoms with van der Waals surface area (Å²) < 4.78 is 0. The highest BCUT2D eigenvalue weighted by Gasteiger charge is 2.18. The van der Waals surface area contributed by atoms with Crippen molar-refractivity contribution < 1.29 is 4.79 Å². The smallest absolute Gasteiger partial charge is 0.237 e. The average Bonchev–Trinajstić information content (AvgIpc) is 2.70. The van der Waals surface area contributed by atoms with E-state index in [1.807, 2.05) is 6.92 Å². The molecule has 0 spiro atoms. The van der Waals surface area contributed by atoms with Gasteiger partial charge >= 0.3 is 0 Å². The van der Waals surface area contributed by atoms with Gasteiger partial charge in [0, 0.05) is 12.6 Å². The fraction of sp³-hybridized carbons (Fsp3) is 0.917. The molecule has 0 bridgehead atoms. The molecule has 0 aromatic heterocycles. The predicted molar refractivity (Wildman–Crippen MR) is 66.2 cm³/mol. The molecule has 16 heavy (non-hydrogen) atoms. The summed E-state index contributed by atoms with van der Waals surface area (Å²) in [5.74, 6) is -0.00598. The van der Waals surface area contributed by atoms with E-state index in [1.54, 1.807) is 0 Å². The lowest BCUT2D eigenvalue weighted by Gasteiger charge is -2.22. The SMILES string of the molecule is CCC[C@H](N)C(=O)NC(C)CN1CCCC1. The van der Waals surface area contributed by atoms with Crippen molar-refractivity contribution in [2.45, 2.75) is 51.6 Å². The topological polar surface area (TPSA) is 58.4 Å². The van der Waals surface area contributed by atoms with Crippen LogP contribution in [0.5, 0.6) is 0 Å². The Labute approximate surface area is 98.6 Å². The van der Waals surface area contributed by atoms with E-state index in [0.29, 0.717) is 0 Å². The van der Waals surface area contributed by atoms with E-state index in [4.69, 9.17) is 5.73 Å². The zero-order valence-electron chi connectivity index (χ0n) is 10.5. The number of carbonyl (C=O) groups excluding carboxylic acids is 1. The first-order valence-corrected chi connectivity index (χ1v) is 6.41. The van der Waals surface area contributed by atoms with Crippen molar-refractivity contribution in [3.8, 4) is 0 Å². The molecule has 4 nitrogen and oxygen atoms in total. The van der Waals surface area contributed by atoms with Crippen LogP contribution in [0.2, 0.25) is 0 Å². The number of rotatable bonds is 6. The first-order valence-electron chi connectivity index (χ1n) is 6.41. The highest BCUT2D eigenvalue weighted by atomic mass is 16.2. The van der Waals surface area contributed by atoms with Gasteiger partial charge in [0.2, 0.25) is 5.91 Å². The lowest BCUT2D eigenvalue weighted by molar-refractivity contribution is -0.123. The van der Waals surface area contributed by atoms with Gasteiger partial charge in [0.15, 0.2) is 0 Å². The molecule has 1 amide bonds. The Bertz CT molecular complexity index is 214. The average molecular weight is 227 g/mol. The van der Waals surface area contributed by atoms with E-state index in [2.05, 4.69) is 17.1 Å². The number of likely N-dealkylation sites (tertiary alicyclic amines) is 1. The first-order chi connectivity index (χ1) is 7.63. The molecule has 1 fully saturated rings. The predicted octanol–water partition coefficient (Wildman–Crippen LogP) is 0.714. The second-order valence-corrected chi connectivity index (χ2v) is 4.81. The van der Waals surface area contributed by atoms with Gasteiger partial charge in [-0.2, -0.15) is 0 Å². The number of nitrogens with two attached hydrogens (primary N) is 1. The van der Waals surface area contributed by atoms with E-state index in [-0.39, 0.29) is 18.0 Å². The van der Waals surface area contributed by atoms with Crippen molar-refractivity contribution >= 4 is 5.91 Å². The Balaban J connectivity index is 2.21. The number of nitrogens with zero attached hydrogens (tertiary/aromatic N) is 1. The molecule has 0 saturated carbocycles. The fourth-order valence-corrected chi connectivity index (χ4v) is 2.19. The van der Waals surface area contributed by atoms with Crippen LogP contribution in [0.3, 0.4) is 0 Å². The summed E-state index contributed by atoms with van der Waals surface area (Å²) >= 11 is 0. The molecule has 1 rings (SSSR count). The van der Waals surface area contributed by atoms with Crippen LogP contribution < -0.4 is 11.1 Å². The third-order valence-corrected chi connectivity index (χ3v) is 3.06. The second-order valence-electron chi connectivity index (χ2n) is 4.81. The Morgan fingerprint density at radius 2 is 2.06 bits per heavy atom. The van der Waals surface area contributed by atoms with E-state index in [1.165, 1.54) is 25.9 Å². The van der Waals surface area contributed by atoms with Gasteiger partial charge in [0.1, 0.15) is 0 Å². The summed E-state index contributed by atoms with van der Waals surface area (Å²) in [6, 6.07) is -0.139. The Hall–Kier alpha value is -0.610. The quantitative estimate of drug-likeness (QED) is 0.703. The molecular weight excluding hydrogens is 202 g/mol. The summed E-state index contributed by atoms with van der Waals surface area (Å²) in [6.45, 7) is 7.38. The molecule has 3 N–H and O–H groups in total. The monoisotopic (exact) mass is 227 g/mol. The van der Waals surface area contributed by atoms with Gasteiger partial charge in [-0.25, -0.2) is 0 Å².